The van der Waals surface area contributed by atoms with Crippen LogP contribution in [0.2, 0.25) is 0 Å². The predicted molar refractivity (Wildman–Crippen MR) is 59.4 cm³/mol. The van der Waals surface area contributed by atoms with Crippen LogP contribution in [0.4, 0.5) is 0 Å². The molecule has 1 fully saturated rings. The summed E-state index contributed by atoms with van der Waals surface area (Å²) in [5.74, 6) is 0.00214. The number of methoxy groups -OCH3 is 1. The van der Waals surface area contributed by atoms with Gasteiger partial charge in [-0.1, -0.05) is 6.92 Å². The molecule has 1 amide bonds. The maximum Gasteiger partial charge on any atom is 0.224 e. The topological polar surface area (TPSA) is 64.4 Å². The first-order valence-corrected chi connectivity index (χ1v) is 5.70. The van der Waals surface area contributed by atoms with Crippen LogP contribution in [-0.2, 0) is 9.53 Å². The van der Waals surface area contributed by atoms with Crippen LogP contribution in [0.15, 0.2) is 0 Å². The van der Waals surface area contributed by atoms with E-state index in [-0.39, 0.29) is 17.4 Å². The minimum atomic E-state index is -0.0947. The van der Waals surface area contributed by atoms with Crippen LogP contribution >= 0.6 is 0 Å². The number of nitrogens with one attached hydrogen (secondary N) is 1. The molecule has 0 heterocycles. The number of hydrogen-bond donors (Lipinski definition) is 2. The summed E-state index contributed by atoms with van der Waals surface area (Å²) < 4.78 is 5.43. The quantitative estimate of drug-likeness (QED) is 0.682. The van der Waals surface area contributed by atoms with Gasteiger partial charge in [0.1, 0.15) is 0 Å². The van der Waals surface area contributed by atoms with Crippen LogP contribution in [0, 0.1) is 5.92 Å². The van der Waals surface area contributed by atoms with Gasteiger partial charge in [0.15, 0.2) is 0 Å². The lowest BCUT2D eigenvalue weighted by Crippen LogP contribution is -2.50. The van der Waals surface area contributed by atoms with Gasteiger partial charge < -0.3 is 15.8 Å². The van der Waals surface area contributed by atoms with Crippen LogP contribution in [0.25, 0.3) is 0 Å². The molecule has 88 valence electrons. The van der Waals surface area contributed by atoms with Crippen molar-refractivity contribution in [1.29, 1.82) is 0 Å². The van der Waals surface area contributed by atoms with Crippen LogP contribution < -0.4 is 11.1 Å². The summed E-state index contributed by atoms with van der Waals surface area (Å²) in [4.78, 5) is 11.7. The van der Waals surface area contributed by atoms with Gasteiger partial charge in [0.2, 0.25) is 5.91 Å². The molecule has 4 nitrogen and oxygen atoms in total. The summed E-state index contributed by atoms with van der Waals surface area (Å²) in [6.45, 7) is 3.02. The third kappa shape index (κ3) is 2.92. The molecule has 1 saturated carbocycles. The summed E-state index contributed by atoms with van der Waals surface area (Å²) in [5.41, 5.74) is 5.42. The largest absolute Gasteiger partial charge is 0.376 e. The zero-order chi connectivity index (χ0) is 11.3. The normalized spacial score (nSPS) is 20.5. The fourth-order valence-electron chi connectivity index (χ4n) is 1.88. The van der Waals surface area contributed by atoms with Gasteiger partial charge in [0.25, 0.3) is 0 Å². The highest BCUT2D eigenvalue weighted by molar-refractivity contribution is 5.78. The van der Waals surface area contributed by atoms with Gasteiger partial charge in [-0.15, -0.1) is 0 Å². The molecule has 0 aliphatic heterocycles. The molecule has 3 N–H and O–H groups in total. The summed E-state index contributed by atoms with van der Waals surface area (Å²) in [5, 5.41) is 2.93. The number of carbonyl (C=O) groups excluding carboxylic acids is 1. The second kappa shape index (κ2) is 5.47. The number of ether oxygens (including phenoxy) is 1. The molecule has 0 saturated heterocycles. The average Bonchev–Trinajstić information content (AvgIpc) is 2.19. The Hall–Kier alpha value is -0.610. The number of hydrogen-bond acceptors (Lipinski definition) is 3. The minimum absolute atomic E-state index is 0.0565. The number of rotatable bonds is 6. The van der Waals surface area contributed by atoms with Crippen molar-refractivity contribution in [2.75, 3.05) is 20.2 Å². The van der Waals surface area contributed by atoms with E-state index in [0.29, 0.717) is 13.1 Å². The van der Waals surface area contributed by atoms with Crippen LogP contribution in [0.3, 0.4) is 0 Å². The van der Waals surface area contributed by atoms with E-state index in [1.807, 2.05) is 6.92 Å². The molecule has 0 aromatic heterocycles. The first-order valence-electron chi connectivity index (χ1n) is 5.70. The number of amides is 1. The minimum Gasteiger partial charge on any atom is -0.376 e. The van der Waals surface area contributed by atoms with E-state index in [2.05, 4.69) is 5.32 Å². The molecule has 1 aliphatic rings. The number of carbonyl (C=O) groups is 1. The van der Waals surface area contributed by atoms with Gasteiger partial charge in [0, 0.05) is 26.1 Å². The number of nitrogens with two attached hydrogens (primary N) is 1. The van der Waals surface area contributed by atoms with Crippen molar-refractivity contribution in [3.8, 4) is 0 Å². The van der Waals surface area contributed by atoms with E-state index in [4.69, 9.17) is 10.5 Å². The summed E-state index contributed by atoms with van der Waals surface area (Å²) >= 11 is 0. The Morgan fingerprint density at radius 1 is 1.60 bits per heavy atom. The average molecular weight is 214 g/mol. The Bertz CT molecular complexity index is 205. The zero-order valence-electron chi connectivity index (χ0n) is 9.71. The summed E-state index contributed by atoms with van der Waals surface area (Å²) in [6.07, 6.45) is 4.08. The van der Waals surface area contributed by atoms with Crippen molar-refractivity contribution >= 4 is 5.91 Å². The first-order chi connectivity index (χ1) is 7.17. The smallest absolute Gasteiger partial charge is 0.224 e. The Morgan fingerprint density at radius 3 is 2.60 bits per heavy atom. The Kier molecular flexibility index (Phi) is 4.54. The van der Waals surface area contributed by atoms with E-state index in [1.54, 1.807) is 7.11 Å². The molecule has 15 heavy (non-hydrogen) atoms. The molecule has 1 rings (SSSR count). The standard InChI is InChI=1S/C11H22N2O2/c1-3-9(7-12)10(14)13-8-11(15-2)5-4-6-11/h9H,3-8,12H2,1-2H3,(H,13,14). The lowest BCUT2D eigenvalue weighted by molar-refractivity contribution is -0.128. The van der Waals surface area contributed by atoms with Crippen LogP contribution in [-0.4, -0.2) is 31.7 Å². The predicted octanol–water partition coefficient (Wildman–Crippen LogP) is 0.657. The lowest BCUT2D eigenvalue weighted by atomic mass is 9.80. The van der Waals surface area contributed by atoms with Crippen molar-refractivity contribution < 1.29 is 9.53 Å². The molecular weight excluding hydrogens is 192 g/mol. The fourth-order valence-corrected chi connectivity index (χ4v) is 1.88. The lowest BCUT2D eigenvalue weighted by Gasteiger charge is -2.40. The van der Waals surface area contributed by atoms with Gasteiger partial charge in [0.05, 0.1) is 5.60 Å². The van der Waals surface area contributed by atoms with Crippen molar-refractivity contribution in [2.24, 2.45) is 11.7 Å². The third-order valence-corrected chi connectivity index (χ3v) is 3.43. The maximum atomic E-state index is 11.7. The van der Waals surface area contributed by atoms with Crippen molar-refractivity contribution in [2.45, 2.75) is 38.2 Å². The Balaban J connectivity index is 2.32. The second-order valence-corrected chi connectivity index (χ2v) is 4.30. The van der Waals surface area contributed by atoms with Crippen molar-refractivity contribution in [3.05, 3.63) is 0 Å². The monoisotopic (exact) mass is 214 g/mol. The molecule has 4 heteroatoms. The molecule has 1 unspecified atom stereocenters. The zero-order valence-corrected chi connectivity index (χ0v) is 9.71. The second-order valence-electron chi connectivity index (χ2n) is 4.30. The molecule has 0 aromatic rings. The Labute approximate surface area is 91.5 Å². The van der Waals surface area contributed by atoms with E-state index in [1.165, 1.54) is 6.42 Å². The summed E-state index contributed by atoms with van der Waals surface area (Å²) in [6, 6.07) is 0. The first kappa shape index (κ1) is 12.5. The fraction of sp³-hybridized carbons (Fsp3) is 0.909. The molecular formula is C11H22N2O2. The highest BCUT2D eigenvalue weighted by atomic mass is 16.5. The third-order valence-electron chi connectivity index (χ3n) is 3.43. The summed E-state index contributed by atoms with van der Waals surface area (Å²) in [7, 11) is 1.71. The van der Waals surface area contributed by atoms with Gasteiger partial charge in [-0.25, -0.2) is 0 Å². The molecule has 1 atom stereocenters. The molecule has 0 bridgehead atoms. The van der Waals surface area contributed by atoms with E-state index in [0.717, 1.165) is 19.3 Å². The highest BCUT2D eigenvalue weighted by Crippen LogP contribution is 2.34. The van der Waals surface area contributed by atoms with Crippen molar-refractivity contribution in [3.63, 3.8) is 0 Å². The van der Waals surface area contributed by atoms with Gasteiger partial charge >= 0.3 is 0 Å². The molecule has 0 radical (unpaired) electrons. The highest BCUT2D eigenvalue weighted by Gasteiger charge is 2.37. The molecule has 0 spiro atoms. The van der Waals surface area contributed by atoms with Crippen molar-refractivity contribution in [1.82, 2.24) is 5.32 Å². The van der Waals surface area contributed by atoms with E-state index in [9.17, 15) is 4.79 Å². The van der Waals surface area contributed by atoms with Gasteiger partial charge in [-0.2, -0.15) is 0 Å². The van der Waals surface area contributed by atoms with Crippen LogP contribution in [0.5, 0.6) is 0 Å². The maximum absolute atomic E-state index is 11.7. The van der Waals surface area contributed by atoms with Gasteiger partial charge in [-0.05, 0) is 25.7 Å². The van der Waals surface area contributed by atoms with Crippen LogP contribution in [0.1, 0.15) is 32.6 Å². The molecule has 0 aromatic carbocycles. The molecule has 1 aliphatic carbocycles. The van der Waals surface area contributed by atoms with Gasteiger partial charge in [-0.3, -0.25) is 4.79 Å². The van der Waals surface area contributed by atoms with E-state index >= 15 is 0 Å². The van der Waals surface area contributed by atoms with E-state index < -0.39 is 0 Å². The Morgan fingerprint density at radius 2 is 2.27 bits per heavy atom. The SMILES string of the molecule is CCC(CN)C(=O)NCC1(OC)CCC1.